The second-order valence-corrected chi connectivity index (χ2v) is 7.15. The van der Waals surface area contributed by atoms with Gasteiger partial charge in [0.05, 0.1) is 6.54 Å². The lowest BCUT2D eigenvalue weighted by Crippen LogP contribution is -2.30. The molecule has 0 amide bonds. The Morgan fingerprint density at radius 3 is 2.63 bits per heavy atom. The van der Waals surface area contributed by atoms with Gasteiger partial charge in [0.2, 0.25) is 10.0 Å². The molecule has 1 saturated carbocycles. The average molecular weight is 286 g/mol. The van der Waals surface area contributed by atoms with Crippen molar-refractivity contribution in [2.24, 2.45) is 11.1 Å². The lowest BCUT2D eigenvalue weighted by atomic mass is 10.0. The molecule has 5 nitrogen and oxygen atoms in total. The number of hydrogen-bond donors (Lipinski definition) is 2. The average Bonchev–Trinajstić information content (AvgIpc) is 3.01. The molecule has 0 spiro atoms. The van der Waals surface area contributed by atoms with Crippen LogP contribution in [0.3, 0.4) is 0 Å². The van der Waals surface area contributed by atoms with E-state index in [1.807, 2.05) is 0 Å². The largest absolute Gasteiger partial charge is 0.464 e. The van der Waals surface area contributed by atoms with Crippen molar-refractivity contribution in [1.29, 1.82) is 0 Å². The first-order valence-electron chi connectivity index (χ1n) is 6.71. The molecule has 0 unspecified atom stereocenters. The highest BCUT2D eigenvalue weighted by Gasteiger charge is 2.42. The third-order valence-electron chi connectivity index (χ3n) is 3.79. The molecule has 0 bridgehead atoms. The van der Waals surface area contributed by atoms with Gasteiger partial charge in [-0.1, -0.05) is 13.3 Å². The van der Waals surface area contributed by atoms with Crippen molar-refractivity contribution in [2.75, 3.05) is 6.54 Å². The normalized spacial score (nSPS) is 17.6. The summed E-state index contributed by atoms with van der Waals surface area (Å²) >= 11 is 0. The number of aryl methyl sites for hydroxylation is 1. The van der Waals surface area contributed by atoms with Gasteiger partial charge in [-0.05, 0) is 31.6 Å². The highest BCUT2D eigenvalue weighted by Crippen LogP contribution is 2.49. The zero-order valence-electron chi connectivity index (χ0n) is 11.5. The topological polar surface area (TPSA) is 85.3 Å². The summed E-state index contributed by atoms with van der Waals surface area (Å²) in [7, 11) is -3.49. The van der Waals surface area contributed by atoms with Crippen molar-refractivity contribution in [3.8, 4) is 0 Å². The molecule has 0 radical (unpaired) electrons. The molecule has 1 heterocycles. The van der Waals surface area contributed by atoms with Gasteiger partial charge in [0, 0.05) is 12.6 Å². The maximum absolute atomic E-state index is 12.2. The Morgan fingerprint density at radius 2 is 2.16 bits per heavy atom. The van der Waals surface area contributed by atoms with Gasteiger partial charge >= 0.3 is 0 Å². The summed E-state index contributed by atoms with van der Waals surface area (Å²) in [4.78, 5) is 0.209. The van der Waals surface area contributed by atoms with Gasteiger partial charge in [-0.25, -0.2) is 13.1 Å². The maximum atomic E-state index is 12.2. The smallest absolute Gasteiger partial charge is 0.244 e. The first kappa shape index (κ1) is 14.6. The summed E-state index contributed by atoms with van der Waals surface area (Å²) in [6.07, 6.45) is 4.39. The Bertz CT molecular complexity index is 544. The minimum atomic E-state index is -3.49. The predicted molar refractivity (Wildman–Crippen MR) is 73.1 cm³/mol. The standard InChI is InChI=1S/C13H22N2O3S/c1-3-4-13(5-6-13)9-15-19(16,17)12-7-11(8-14)18-10(12)2/h7,15H,3-6,8-9,14H2,1-2H3. The van der Waals surface area contributed by atoms with Crippen molar-refractivity contribution >= 4 is 10.0 Å². The van der Waals surface area contributed by atoms with E-state index in [4.69, 9.17) is 10.2 Å². The molecule has 0 aromatic carbocycles. The third kappa shape index (κ3) is 3.19. The lowest BCUT2D eigenvalue weighted by Gasteiger charge is -2.14. The summed E-state index contributed by atoms with van der Waals surface area (Å²) < 4.78 is 32.5. The number of nitrogens with one attached hydrogen (secondary N) is 1. The van der Waals surface area contributed by atoms with Crippen LogP contribution in [0.25, 0.3) is 0 Å². The number of sulfonamides is 1. The zero-order valence-corrected chi connectivity index (χ0v) is 12.3. The molecule has 1 aliphatic carbocycles. The van der Waals surface area contributed by atoms with E-state index >= 15 is 0 Å². The van der Waals surface area contributed by atoms with Gasteiger partial charge in [-0.15, -0.1) is 0 Å². The van der Waals surface area contributed by atoms with Crippen molar-refractivity contribution in [1.82, 2.24) is 4.72 Å². The first-order valence-corrected chi connectivity index (χ1v) is 8.20. The van der Waals surface area contributed by atoms with Crippen molar-refractivity contribution in [3.63, 3.8) is 0 Å². The fraction of sp³-hybridized carbons (Fsp3) is 0.692. The Hall–Kier alpha value is -0.850. The maximum Gasteiger partial charge on any atom is 0.244 e. The fourth-order valence-electron chi connectivity index (χ4n) is 2.44. The molecule has 19 heavy (non-hydrogen) atoms. The van der Waals surface area contributed by atoms with E-state index in [9.17, 15) is 8.42 Å². The summed E-state index contributed by atoms with van der Waals surface area (Å²) in [5, 5.41) is 0. The zero-order chi connectivity index (χ0) is 14.1. The van der Waals surface area contributed by atoms with Gasteiger partial charge < -0.3 is 10.2 Å². The van der Waals surface area contributed by atoms with Gasteiger partial charge in [-0.3, -0.25) is 0 Å². The summed E-state index contributed by atoms with van der Waals surface area (Å²) in [6.45, 7) is 4.50. The van der Waals surface area contributed by atoms with E-state index in [1.165, 1.54) is 6.07 Å². The fourth-order valence-corrected chi connectivity index (χ4v) is 3.80. The SMILES string of the molecule is CCCC1(CNS(=O)(=O)c2cc(CN)oc2C)CC1. The minimum Gasteiger partial charge on any atom is -0.464 e. The van der Waals surface area contributed by atoms with Crippen molar-refractivity contribution in [3.05, 3.63) is 17.6 Å². The second kappa shape index (κ2) is 5.26. The molecule has 1 fully saturated rings. The number of nitrogens with two attached hydrogens (primary N) is 1. The highest BCUT2D eigenvalue weighted by molar-refractivity contribution is 7.89. The molecule has 108 valence electrons. The van der Waals surface area contributed by atoms with Crippen LogP contribution in [0.2, 0.25) is 0 Å². The van der Waals surface area contributed by atoms with E-state index < -0.39 is 10.0 Å². The Balaban J connectivity index is 2.08. The Morgan fingerprint density at radius 1 is 1.47 bits per heavy atom. The van der Waals surface area contributed by atoms with E-state index in [1.54, 1.807) is 6.92 Å². The van der Waals surface area contributed by atoms with E-state index in [-0.39, 0.29) is 16.9 Å². The van der Waals surface area contributed by atoms with E-state index in [0.717, 1.165) is 25.7 Å². The summed E-state index contributed by atoms with van der Waals surface area (Å²) in [5.74, 6) is 0.890. The van der Waals surface area contributed by atoms with E-state index in [0.29, 0.717) is 18.1 Å². The summed E-state index contributed by atoms with van der Waals surface area (Å²) in [5.41, 5.74) is 5.65. The second-order valence-electron chi connectivity index (χ2n) is 5.41. The Labute approximate surface area is 114 Å². The monoisotopic (exact) mass is 286 g/mol. The third-order valence-corrected chi connectivity index (χ3v) is 5.30. The lowest BCUT2D eigenvalue weighted by molar-refractivity contribution is 0.448. The van der Waals surface area contributed by atoms with Crippen LogP contribution < -0.4 is 10.5 Å². The number of hydrogen-bond acceptors (Lipinski definition) is 4. The van der Waals surface area contributed by atoms with Gasteiger partial charge in [-0.2, -0.15) is 0 Å². The number of rotatable bonds is 7. The van der Waals surface area contributed by atoms with Crippen LogP contribution in [-0.2, 0) is 16.6 Å². The molecule has 3 N–H and O–H groups in total. The van der Waals surface area contributed by atoms with Crippen LogP contribution in [-0.4, -0.2) is 15.0 Å². The molecule has 1 aromatic heterocycles. The highest BCUT2D eigenvalue weighted by atomic mass is 32.2. The molecule has 6 heteroatoms. The van der Waals surface area contributed by atoms with Crippen LogP contribution in [0.4, 0.5) is 0 Å². The Kier molecular flexibility index (Phi) is 4.03. The van der Waals surface area contributed by atoms with Crippen molar-refractivity contribution in [2.45, 2.75) is 51.0 Å². The summed E-state index contributed by atoms with van der Waals surface area (Å²) in [6, 6.07) is 1.51. The van der Waals surface area contributed by atoms with Crippen LogP contribution in [0.15, 0.2) is 15.4 Å². The van der Waals surface area contributed by atoms with Crippen molar-refractivity contribution < 1.29 is 12.8 Å². The molecule has 2 rings (SSSR count). The van der Waals surface area contributed by atoms with E-state index in [2.05, 4.69) is 11.6 Å². The molecule has 0 atom stereocenters. The van der Waals surface area contributed by atoms with Gasteiger partial charge in [0.1, 0.15) is 16.4 Å². The quantitative estimate of drug-likeness (QED) is 0.801. The molecule has 0 saturated heterocycles. The van der Waals surface area contributed by atoms with Crippen LogP contribution in [0, 0.1) is 12.3 Å². The molecular formula is C13H22N2O3S. The molecule has 0 aliphatic heterocycles. The molecule has 1 aliphatic rings. The van der Waals surface area contributed by atoms with Crippen LogP contribution in [0.5, 0.6) is 0 Å². The van der Waals surface area contributed by atoms with Gasteiger partial charge in [0.15, 0.2) is 0 Å². The van der Waals surface area contributed by atoms with Crippen LogP contribution >= 0.6 is 0 Å². The van der Waals surface area contributed by atoms with Gasteiger partial charge in [0.25, 0.3) is 0 Å². The first-order chi connectivity index (χ1) is 8.92. The predicted octanol–water partition coefficient (Wildman–Crippen LogP) is 1.91. The minimum absolute atomic E-state index is 0.191. The van der Waals surface area contributed by atoms with Crippen LogP contribution in [0.1, 0.15) is 44.1 Å². The number of furan rings is 1. The molecule has 1 aromatic rings. The molecular weight excluding hydrogens is 264 g/mol.